The Kier molecular flexibility index (Phi) is 6.27. The lowest BCUT2D eigenvalue weighted by Gasteiger charge is -2.30. The van der Waals surface area contributed by atoms with Crippen LogP contribution in [-0.2, 0) is 14.8 Å². The van der Waals surface area contributed by atoms with E-state index in [4.69, 9.17) is 0 Å². The van der Waals surface area contributed by atoms with Crippen molar-refractivity contribution in [3.63, 3.8) is 0 Å². The van der Waals surface area contributed by atoms with Gasteiger partial charge in [-0.2, -0.15) is 0 Å². The molecule has 0 heterocycles. The van der Waals surface area contributed by atoms with Crippen LogP contribution in [0.15, 0.2) is 24.3 Å². The molecule has 0 saturated heterocycles. The second-order valence-corrected chi connectivity index (χ2v) is 8.61. The van der Waals surface area contributed by atoms with E-state index in [9.17, 15) is 13.2 Å². The molecule has 0 unspecified atom stereocenters. The zero-order chi connectivity index (χ0) is 17.7. The first-order chi connectivity index (χ1) is 11.3. The SMILES string of the molecule is Cc1ccccc1N(CC(=O)N(C)C1CCCCCC1)S(C)(=O)=O. The molecule has 2 rings (SSSR count). The largest absolute Gasteiger partial charge is 0.341 e. The maximum absolute atomic E-state index is 12.7. The van der Waals surface area contributed by atoms with Crippen LogP contribution in [0.1, 0.15) is 44.1 Å². The average Bonchev–Trinajstić information content (AvgIpc) is 2.80. The molecule has 1 aromatic carbocycles. The molecule has 0 aromatic heterocycles. The minimum Gasteiger partial charge on any atom is -0.341 e. The van der Waals surface area contributed by atoms with Gasteiger partial charge in [-0.25, -0.2) is 8.42 Å². The van der Waals surface area contributed by atoms with Crippen molar-refractivity contribution >= 4 is 21.6 Å². The number of benzene rings is 1. The van der Waals surface area contributed by atoms with Gasteiger partial charge in [0.2, 0.25) is 15.9 Å². The van der Waals surface area contributed by atoms with E-state index >= 15 is 0 Å². The first-order valence-corrected chi connectivity index (χ1v) is 10.4. The van der Waals surface area contributed by atoms with Crippen molar-refractivity contribution in [2.24, 2.45) is 0 Å². The predicted molar refractivity (Wildman–Crippen MR) is 97.6 cm³/mol. The normalized spacial score (nSPS) is 16.5. The molecule has 1 aliphatic carbocycles. The summed E-state index contributed by atoms with van der Waals surface area (Å²) in [6.45, 7) is 1.71. The van der Waals surface area contributed by atoms with Gasteiger partial charge in [-0.05, 0) is 31.4 Å². The highest BCUT2D eigenvalue weighted by molar-refractivity contribution is 7.92. The Balaban J connectivity index is 2.17. The van der Waals surface area contributed by atoms with Crippen LogP contribution in [0.5, 0.6) is 0 Å². The van der Waals surface area contributed by atoms with Gasteiger partial charge in [0.15, 0.2) is 0 Å². The zero-order valence-electron chi connectivity index (χ0n) is 14.9. The van der Waals surface area contributed by atoms with Gasteiger partial charge in [-0.1, -0.05) is 43.9 Å². The third-order valence-corrected chi connectivity index (χ3v) is 5.96. The lowest BCUT2D eigenvalue weighted by Crippen LogP contribution is -2.45. The van der Waals surface area contributed by atoms with E-state index in [1.54, 1.807) is 24.1 Å². The standard InChI is InChI=1S/C18H28N2O3S/c1-15-10-8-9-13-17(15)20(24(3,22)23)14-18(21)19(2)16-11-6-4-5-7-12-16/h8-10,13,16H,4-7,11-12,14H2,1-3H3. The number of carbonyl (C=O) groups excluding carboxylic acids is 1. The van der Waals surface area contributed by atoms with Crippen molar-refractivity contribution in [2.75, 3.05) is 24.2 Å². The van der Waals surface area contributed by atoms with E-state index in [-0.39, 0.29) is 18.5 Å². The van der Waals surface area contributed by atoms with Gasteiger partial charge in [0.05, 0.1) is 11.9 Å². The summed E-state index contributed by atoms with van der Waals surface area (Å²) >= 11 is 0. The first kappa shape index (κ1) is 18.8. The summed E-state index contributed by atoms with van der Waals surface area (Å²) in [6, 6.07) is 7.47. The van der Waals surface area contributed by atoms with E-state index in [1.165, 1.54) is 17.1 Å². The molecule has 1 aromatic rings. The van der Waals surface area contributed by atoms with Crippen LogP contribution in [0.4, 0.5) is 5.69 Å². The predicted octanol–water partition coefficient (Wildman–Crippen LogP) is 2.94. The number of sulfonamides is 1. The summed E-state index contributed by atoms with van der Waals surface area (Å²) < 4.78 is 25.7. The van der Waals surface area contributed by atoms with Gasteiger partial charge >= 0.3 is 0 Å². The van der Waals surface area contributed by atoms with Crippen LogP contribution < -0.4 is 4.31 Å². The highest BCUT2D eigenvalue weighted by Crippen LogP contribution is 2.24. The minimum absolute atomic E-state index is 0.142. The van der Waals surface area contributed by atoms with Crippen LogP contribution in [0, 0.1) is 6.92 Å². The molecule has 5 nitrogen and oxygen atoms in total. The van der Waals surface area contributed by atoms with Gasteiger partial charge in [-0.15, -0.1) is 0 Å². The van der Waals surface area contributed by atoms with Crippen molar-refractivity contribution < 1.29 is 13.2 Å². The zero-order valence-corrected chi connectivity index (χ0v) is 15.7. The summed E-state index contributed by atoms with van der Waals surface area (Å²) in [6.07, 6.45) is 7.87. The molecule has 6 heteroatoms. The Bertz CT molecular complexity index is 665. The number of carbonyl (C=O) groups is 1. The Labute approximate surface area is 145 Å². The van der Waals surface area contributed by atoms with E-state index < -0.39 is 10.0 Å². The second-order valence-electron chi connectivity index (χ2n) is 6.71. The number of anilines is 1. The third-order valence-electron chi connectivity index (χ3n) is 4.83. The number of amides is 1. The van der Waals surface area contributed by atoms with E-state index in [1.807, 2.05) is 19.1 Å². The maximum Gasteiger partial charge on any atom is 0.243 e. The smallest absolute Gasteiger partial charge is 0.243 e. The number of nitrogens with zero attached hydrogens (tertiary/aromatic N) is 2. The molecule has 1 saturated carbocycles. The molecule has 0 bridgehead atoms. The fourth-order valence-electron chi connectivity index (χ4n) is 3.31. The molecule has 0 atom stereocenters. The average molecular weight is 353 g/mol. The lowest BCUT2D eigenvalue weighted by molar-refractivity contribution is -0.130. The summed E-state index contributed by atoms with van der Waals surface area (Å²) in [7, 11) is -1.72. The fraction of sp³-hybridized carbons (Fsp3) is 0.611. The van der Waals surface area contributed by atoms with Gasteiger partial charge in [-0.3, -0.25) is 9.10 Å². The van der Waals surface area contributed by atoms with Gasteiger partial charge in [0.1, 0.15) is 6.54 Å². The summed E-state index contributed by atoms with van der Waals surface area (Å²) in [5.41, 5.74) is 1.41. The molecule has 1 aliphatic rings. The van der Waals surface area contributed by atoms with E-state index in [0.29, 0.717) is 5.69 Å². The van der Waals surface area contributed by atoms with Crippen LogP contribution in [-0.4, -0.2) is 45.1 Å². The summed E-state index contributed by atoms with van der Waals surface area (Å²) in [4.78, 5) is 14.5. The molecule has 1 fully saturated rings. The lowest BCUT2D eigenvalue weighted by atomic mass is 10.1. The maximum atomic E-state index is 12.7. The van der Waals surface area contributed by atoms with Crippen LogP contribution in [0.3, 0.4) is 0 Å². The number of para-hydroxylation sites is 1. The van der Waals surface area contributed by atoms with Crippen molar-refractivity contribution in [3.8, 4) is 0 Å². The topological polar surface area (TPSA) is 57.7 Å². The fourth-order valence-corrected chi connectivity index (χ4v) is 4.21. The van der Waals surface area contributed by atoms with Crippen LogP contribution >= 0.6 is 0 Å². The van der Waals surface area contributed by atoms with Crippen LogP contribution in [0.2, 0.25) is 0 Å². The van der Waals surface area contributed by atoms with Crippen molar-refractivity contribution in [1.29, 1.82) is 0 Å². The third kappa shape index (κ3) is 4.72. The molecule has 24 heavy (non-hydrogen) atoms. The molecule has 0 spiro atoms. The van der Waals surface area contributed by atoms with E-state index in [0.717, 1.165) is 37.5 Å². The van der Waals surface area contributed by atoms with Crippen molar-refractivity contribution in [2.45, 2.75) is 51.5 Å². The molecule has 0 radical (unpaired) electrons. The number of rotatable bonds is 5. The number of hydrogen-bond acceptors (Lipinski definition) is 3. The monoisotopic (exact) mass is 352 g/mol. The van der Waals surface area contributed by atoms with E-state index in [2.05, 4.69) is 0 Å². The Hall–Kier alpha value is -1.56. The summed E-state index contributed by atoms with van der Waals surface area (Å²) in [5, 5.41) is 0. The molecule has 134 valence electrons. The minimum atomic E-state index is -3.52. The highest BCUT2D eigenvalue weighted by Gasteiger charge is 2.27. The Morgan fingerprint density at radius 1 is 1.12 bits per heavy atom. The number of likely N-dealkylation sites (N-methyl/N-ethyl adjacent to an activating group) is 1. The molecular formula is C18H28N2O3S. The summed E-state index contributed by atoms with van der Waals surface area (Å²) in [5.74, 6) is -0.143. The first-order valence-electron chi connectivity index (χ1n) is 8.59. The van der Waals surface area contributed by atoms with Crippen molar-refractivity contribution in [1.82, 2.24) is 4.90 Å². The molecular weight excluding hydrogens is 324 g/mol. The van der Waals surface area contributed by atoms with Crippen molar-refractivity contribution in [3.05, 3.63) is 29.8 Å². The molecule has 1 amide bonds. The second kappa shape index (κ2) is 8.01. The highest BCUT2D eigenvalue weighted by atomic mass is 32.2. The van der Waals surface area contributed by atoms with Gasteiger partial charge in [0.25, 0.3) is 0 Å². The van der Waals surface area contributed by atoms with Gasteiger partial charge < -0.3 is 4.90 Å². The van der Waals surface area contributed by atoms with Gasteiger partial charge in [0, 0.05) is 13.1 Å². The van der Waals surface area contributed by atoms with Crippen LogP contribution in [0.25, 0.3) is 0 Å². The number of hydrogen-bond donors (Lipinski definition) is 0. The quantitative estimate of drug-likeness (QED) is 0.766. The Morgan fingerprint density at radius 3 is 2.25 bits per heavy atom. The Morgan fingerprint density at radius 2 is 1.71 bits per heavy atom. The molecule has 0 aliphatic heterocycles. The molecule has 0 N–H and O–H groups in total. The number of aryl methyl sites for hydroxylation is 1.